The molecule has 2 aromatic heterocycles. The molecule has 2 nitrogen and oxygen atoms in total. The normalized spacial score (nSPS) is 10.8. The molecule has 112 valence electrons. The van der Waals surface area contributed by atoms with Crippen LogP contribution in [-0.2, 0) is 0 Å². The van der Waals surface area contributed by atoms with Gasteiger partial charge in [0.15, 0.2) is 0 Å². The molecular formula is C20H14IO2+. The zero-order chi connectivity index (χ0) is 15.5. The summed E-state index contributed by atoms with van der Waals surface area (Å²) in [5, 5.41) is 0. The summed E-state index contributed by atoms with van der Waals surface area (Å²) in [6.07, 6.45) is 0. The quantitative estimate of drug-likeness (QED) is 0.481. The van der Waals surface area contributed by atoms with E-state index in [1.54, 1.807) is 0 Å². The second-order valence-electron chi connectivity index (χ2n) is 5.03. The van der Waals surface area contributed by atoms with Crippen LogP contribution in [0.2, 0.25) is 0 Å². The standard InChI is InChI=1S/C20H14IO2/c1-3-7-15(8-4-1)17-11-13-19(22-17)21-20-14-12-18(23-20)16-9-5-2-6-10-16/h1-14H/q+1. The smallest absolute Gasteiger partial charge is 0.418 e. The highest BCUT2D eigenvalue weighted by Gasteiger charge is 2.25. The van der Waals surface area contributed by atoms with Crippen molar-refractivity contribution in [1.82, 2.24) is 0 Å². The van der Waals surface area contributed by atoms with Gasteiger partial charge in [0.1, 0.15) is 11.5 Å². The van der Waals surface area contributed by atoms with Crippen LogP contribution in [0, 0.1) is 7.53 Å². The van der Waals surface area contributed by atoms with Gasteiger partial charge in [0.2, 0.25) is 0 Å². The molecule has 0 aliphatic rings. The third-order valence-electron chi connectivity index (χ3n) is 3.45. The summed E-state index contributed by atoms with van der Waals surface area (Å²) < 4.78 is 14.0. The third kappa shape index (κ3) is 3.24. The zero-order valence-corrected chi connectivity index (χ0v) is 14.4. The van der Waals surface area contributed by atoms with E-state index >= 15 is 0 Å². The Morgan fingerprint density at radius 3 is 1.35 bits per heavy atom. The highest BCUT2D eigenvalue weighted by Crippen LogP contribution is 2.20. The predicted octanol–water partition coefficient (Wildman–Crippen LogP) is 2.33. The summed E-state index contributed by atoms with van der Waals surface area (Å²) in [4.78, 5) is 0. The molecule has 2 aromatic carbocycles. The van der Waals surface area contributed by atoms with Crippen molar-refractivity contribution < 1.29 is 30.0 Å². The molecule has 0 radical (unpaired) electrons. The monoisotopic (exact) mass is 413 g/mol. The highest BCUT2D eigenvalue weighted by atomic mass is 127. The van der Waals surface area contributed by atoms with Crippen LogP contribution < -0.4 is 21.2 Å². The van der Waals surface area contributed by atoms with E-state index in [2.05, 4.69) is 36.4 Å². The molecule has 0 fully saturated rings. The molecule has 0 saturated heterocycles. The number of halogens is 1. The molecule has 2 heterocycles. The van der Waals surface area contributed by atoms with E-state index < -0.39 is 21.2 Å². The minimum absolute atomic E-state index is 0.447. The lowest BCUT2D eigenvalue weighted by molar-refractivity contribution is -0.635. The van der Waals surface area contributed by atoms with Crippen LogP contribution in [0.15, 0.2) is 93.8 Å². The Kier molecular flexibility index (Phi) is 4.03. The molecule has 4 aromatic rings. The van der Waals surface area contributed by atoms with Crippen molar-refractivity contribution in [2.45, 2.75) is 0 Å². The fourth-order valence-electron chi connectivity index (χ4n) is 2.34. The van der Waals surface area contributed by atoms with E-state index in [4.69, 9.17) is 8.83 Å². The lowest BCUT2D eigenvalue weighted by Crippen LogP contribution is -3.61. The molecule has 0 atom stereocenters. The second-order valence-corrected chi connectivity index (χ2v) is 7.70. The highest BCUT2D eigenvalue weighted by molar-refractivity contribution is 5.57. The predicted molar refractivity (Wildman–Crippen MR) is 85.7 cm³/mol. The number of hydrogen-bond acceptors (Lipinski definition) is 2. The molecule has 0 unspecified atom stereocenters. The molecule has 0 aliphatic carbocycles. The summed E-state index contributed by atoms with van der Waals surface area (Å²) in [5.74, 6) is 1.82. The molecule has 23 heavy (non-hydrogen) atoms. The average molecular weight is 413 g/mol. The van der Waals surface area contributed by atoms with Crippen LogP contribution in [0.1, 0.15) is 0 Å². The summed E-state index contributed by atoms with van der Waals surface area (Å²) in [7, 11) is 0. The summed E-state index contributed by atoms with van der Waals surface area (Å²) >= 11 is -0.447. The van der Waals surface area contributed by atoms with Gasteiger partial charge in [-0.1, -0.05) is 60.7 Å². The van der Waals surface area contributed by atoms with Crippen LogP contribution in [0.3, 0.4) is 0 Å². The van der Waals surface area contributed by atoms with Gasteiger partial charge in [0.25, 0.3) is 0 Å². The van der Waals surface area contributed by atoms with E-state index in [9.17, 15) is 0 Å². The van der Waals surface area contributed by atoms with Crippen LogP contribution in [0.4, 0.5) is 0 Å². The summed E-state index contributed by atoms with van der Waals surface area (Å²) in [6.45, 7) is 0. The van der Waals surface area contributed by atoms with Crippen molar-refractivity contribution in [3.63, 3.8) is 0 Å². The first-order valence-corrected chi connectivity index (χ1v) is 9.49. The fourth-order valence-corrected chi connectivity index (χ4v) is 4.27. The first-order valence-electron chi connectivity index (χ1n) is 7.34. The molecule has 0 saturated carbocycles. The minimum Gasteiger partial charge on any atom is -0.418 e. The largest absolute Gasteiger partial charge is 0.443 e. The minimum atomic E-state index is -0.447. The SMILES string of the molecule is c1ccc(-c2ccc([I+]c3ccc(-c4ccccc4)o3)o2)cc1. The number of rotatable bonds is 4. The summed E-state index contributed by atoms with van der Waals surface area (Å²) in [6, 6.07) is 28.5. The maximum Gasteiger partial charge on any atom is 0.443 e. The molecule has 0 aliphatic heterocycles. The molecule has 0 bridgehead atoms. The van der Waals surface area contributed by atoms with E-state index in [0.29, 0.717) is 0 Å². The van der Waals surface area contributed by atoms with Gasteiger partial charge >= 0.3 is 28.7 Å². The zero-order valence-electron chi connectivity index (χ0n) is 12.3. The van der Waals surface area contributed by atoms with Crippen LogP contribution >= 0.6 is 0 Å². The average Bonchev–Trinajstić information content (AvgIpc) is 3.27. The van der Waals surface area contributed by atoms with E-state index in [-0.39, 0.29) is 0 Å². The third-order valence-corrected chi connectivity index (χ3v) is 5.67. The Morgan fingerprint density at radius 2 is 0.913 bits per heavy atom. The molecular weight excluding hydrogens is 399 g/mol. The van der Waals surface area contributed by atoms with Crippen molar-refractivity contribution in [3.05, 3.63) is 92.5 Å². The Balaban J connectivity index is 1.53. The van der Waals surface area contributed by atoms with Crippen LogP contribution in [0.25, 0.3) is 22.6 Å². The van der Waals surface area contributed by atoms with Crippen molar-refractivity contribution in [3.8, 4) is 22.6 Å². The lowest BCUT2D eigenvalue weighted by Gasteiger charge is -1.93. The number of hydrogen-bond donors (Lipinski definition) is 0. The molecule has 0 amide bonds. The summed E-state index contributed by atoms with van der Waals surface area (Å²) in [5.41, 5.74) is 2.21. The number of benzene rings is 2. The maximum atomic E-state index is 5.98. The van der Waals surface area contributed by atoms with Crippen molar-refractivity contribution in [2.24, 2.45) is 0 Å². The Bertz CT molecular complexity index is 816. The first kappa shape index (κ1) is 14.3. The Labute approximate surface area is 145 Å². The van der Waals surface area contributed by atoms with Gasteiger partial charge in [-0.3, -0.25) is 0 Å². The van der Waals surface area contributed by atoms with Gasteiger partial charge in [0, 0.05) is 23.3 Å². The second kappa shape index (κ2) is 6.46. The van der Waals surface area contributed by atoms with E-state index in [1.807, 2.05) is 48.5 Å². The maximum absolute atomic E-state index is 5.98. The topological polar surface area (TPSA) is 26.3 Å². The Hall–Kier alpha value is -2.27. The molecule has 4 rings (SSSR count). The van der Waals surface area contributed by atoms with Crippen molar-refractivity contribution in [1.29, 1.82) is 0 Å². The van der Waals surface area contributed by atoms with E-state index in [0.717, 1.165) is 30.2 Å². The lowest BCUT2D eigenvalue weighted by atomic mass is 10.2. The van der Waals surface area contributed by atoms with E-state index in [1.165, 1.54) is 0 Å². The van der Waals surface area contributed by atoms with Crippen LogP contribution in [-0.4, -0.2) is 0 Å². The van der Waals surface area contributed by atoms with Gasteiger partial charge in [-0.05, 0) is 12.1 Å². The van der Waals surface area contributed by atoms with Gasteiger partial charge in [-0.15, -0.1) is 0 Å². The van der Waals surface area contributed by atoms with Crippen molar-refractivity contribution >= 4 is 0 Å². The fraction of sp³-hybridized carbons (Fsp3) is 0. The molecule has 3 heteroatoms. The Morgan fingerprint density at radius 1 is 0.478 bits per heavy atom. The number of furan rings is 2. The van der Waals surface area contributed by atoms with Gasteiger partial charge in [-0.2, -0.15) is 0 Å². The van der Waals surface area contributed by atoms with Gasteiger partial charge in [-0.25, -0.2) is 0 Å². The van der Waals surface area contributed by atoms with Gasteiger partial charge < -0.3 is 8.83 Å². The van der Waals surface area contributed by atoms with Crippen molar-refractivity contribution in [2.75, 3.05) is 0 Å². The molecule has 0 N–H and O–H groups in total. The first-order chi connectivity index (χ1) is 11.4. The van der Waals surface area contributed by atoms with Gasteiger partial charge in [0.05, 0.1) is 0 Å². The van der Waals surface area contributed by atoms with Crippen LogP contribution in [0.5, 0.6) is 0 Å². The molecule has 0 spiro atoms.